The lowest BCUT2D eigenvalue weighted by Crippen LogP contribution is -2.39. The summed E-state index contributed by atoms with van der Waals surface area (Å²) in [6, 6.07) is 9.06. The van der Waals surface area contributed by atoms with Crippen LogP contribution in [-0.4, -0.2) is 36.5 Å². The first-order valence-corrected chi connectivity index (χ1v) is 7.91. The van der Waals surface area contributed by atoms with Crippen molar-refractivity contribution in [2.24, 2.45) is 5.73 Å². The van der Waals surface area contributed by atoms with Crippen molar-refractivity contribution in [1.29, 1.82) is 0 Å². The van der Waals surface area contributed by atoms with Crippen LogP contribution in [0.4, 0.5) is 0 Å². The lowest BCUT2D eigenvalue weighted by Gasteiger charge is -2.21. The highest BCUT2D eigenvalue weighted by Crippen LogP contribution is 2.10. The third-order valence-electron chi connectivity index (χ3n) is 3.84. The topological polar surface area (TPSA) is 58.4 Å². The van der Waals surface area contributed by atoms with E-state index in [1.165, 1.54) is 0 Å². The highest BCUT2D eigenvalue weighted by Gasteiger charge is 2.17. The largest absolute Gasteiger partial charge is 0.352 e. The molecule has 0 heterocycles. The van der Waals surface area contributed by atoms with Gasteiger partial charge < -0.3 is 16.0 Å². The molecule has 1 rings (SSSR count). The first-order valence-electron chi connectivity index (χ1n) is 7.91. The van der Waals surface area contributed by atoms with Gasteiger partial charge in [-0.15, -0.1) is 0 Å². The molecule has 0 bridgehead atoms. The molecule has 118 valence electrons. The van der Waals surface area contributed by atoms with E-state index in [4.69, 9.17) is 5.73 Å². The normalized spacial score (nSPS) is 14.0. The number of nitrogens with two attached hydrogens (primary N) is 1. The van der Waals surface area contributed by atoms with Gasteiger partial charge in [-0.2, -0.15) is 0 Å². The zero-order chi connectivity index (χ0) is 15.7. The second-order valence-electron chi connectivity index (χ2n) is 5.47. The maximum absolute atomic E-state index is 12.1. The highest BCUT2D eigenvalue weighted by atomic mass is 16.2. The summed E-state index contributed by atoms with van der Waals surface area (Å²) in [4.78, 5) is 14.5. The van der Waals surface area contributed by atoms with E-state index >= 15 is 0 Å². The molecule has 1 unspecified atom stereocenters. The van der Waals surface area contributed by atoms with Gasteiger partial charge in [0.1, 0.15) is 6.04 Å². The molecule has 2 atom stereocenters. The molecule has 4 heteroatoms. The average molecular weight is 291 g/mol. The van der Waals surface area contributed by atoms with Crippen molar-refractivity contribution in [2.75, 3.05) is 19.6 Å². The number of carbonyl (C=O) groups is 1. The van der Waals surface area contributed by atoms with Crippen LogP contribution in [0.3, 0.4) is 0 Å². The van der Waals surface area contributed by atoms with Gasteiger partial charge in [0.2, 0.25) is 5.91 Å². The van der Waals surface area contributed by atoms with Crippen molar-refractivity contribution in [3.8, 4) is 0 Å². The van der Waals surface area contributed by atoms with Crippen molar-refractivity contribution in [2.45, 2.75) is 45.7 Å². The van der Waals surface area contributed by atoms with E-state index in [-0.39, 0.29) is 11.9 Å². The Hall–Kier alpha value is -1.39. The van der Waals surface area contributed by atoms with Crippen LogP contribution in [0.15, 0.2) is 30.3 Å². The second-order valence-corrected chi connectivity index (χ2v) is 5.47. The van der Waals surface area contributed by atoms with Gasteiger partial charge in [0.25, 0.3) is 0 Å². The van der Waals surface area contributed by atoms with Gasteiger partial charge in [-0.05, 0) is 45.0 Å². The summed E-state index contributed by atoms with van der Waals surface area (Å²) < 4.78 is 0. The third kappa shape index (κ3) is 6.27. The number of carbonyl (C=O) groups excluding carboxylic acids is 1. The molecule has 21 heavy (non-hydrogen) atoms. The molecule has 0 aliphatic carbocycles. The zero-order valence-electron chi connectivity index (χ0n) is 13.5. The van der Waals surface area contributed by atoms with E-state index < -0.39 is 6.04 Å². The molecular formula is C17H29N3O. The number of rotatable bonds is 9. The van der Waals surface area contributed by atoms with Crippen molar-refractivity contribution in [1.82, 2.24) is 10.2 Å². The number of amides is 1. The Kier molecular flexibility index (Phi) is 8.01. The Labute approximate surface area is 128 Å². The maximum Gasteiger partial charge on any atom is 0.241 e. The van der Waals surface area contributed by atoms with Gasteiger partial charge in [-0.1, -0.05) is 44.2 Å². The monoisotopic (exact) mass is 291 g/mol. The molecular weight excluding hydrogens is 262 g/mol. The maximum atomic E-state index is 12.1. The van der Waals surface area contributed by atoms with Crippen LogP contribution >= 0.6 is 0 Å². The predicted molar refractivity (Wildman–Crippen MR) is 88.0 cm³/mol. The molecule has 0 aromatic heterocycles. The zero-order valence-corrected chi connectivity index (χ0v) is 13.5. The summed E-state index contributed by atoms with van der Waals surface area (Å²) in [5.41, 5.74) is 6.84. The van der Waals surface area contributed by atoms with Gasteiger partial charge in [0.05, 0.1) is 0 Å². The molecule has 0 spiro atoms. The van der Waals surface area contributed by atoms with Crippen LogP contribution in [0.5, 0.6) is 0 Å². The van der Waals surface area contributed by atoms with E-state index in [1.54, 1.807) is 0 Å². The summed E-state index contributed by atoms with van der Waals surface area (Å²) in [5.74, 6) is -0.100. The first-order chi connectivity index (χ1) is 10.1. The number of hydrogen-bond donors (Lipinski definition) is 2. The Morgan fingerprint density at radius 3 is 2.43 bits per heavy atom. The molecule has 1 aromatic rings. The van der Waals surface area contributed by atoms with Crippen LogP contribution in [0.2, 0.25) is 0 Å². The number of hydrogen-bond acceptors (Lipinski definition) is 3. The Morgan fingerprint density at radius 2 is 1.86 bits per heavy atom. The van der Waals surface area contributed by atoms with E-state index in [9.17, 15) is 4.79 Å². The quantitative estimate of drug-likeness (QED) is 0.734. The van der Waals surface area contributed by atoms with Crippen molar-refractivity contribution in [3.05, 3.63) is 35.9 Å². The van der Waals surface area contributed by atoms with Crippen LogP contribution < -0.4 is 11.1 Å². The van der Waals surface area contributed by atoms with Crippen LogP contribution in [0.25, 0.3) is 0 Å². The minimum absolute atomic E-state index is 0.100. The van der Waals surface area contributed by atoms with E-state index in [2.05, 4.69) is 24.1 Å². The van der Waals surface area contributed by atoms with Gasteiger partial charge >= 0.3 is 0 Å². The number of nitrogens with one attached hydrogen (secondary N) is 1. The van der Waals surface area contributed by atoms with Crippen LogP contribution in [0.1, 0.15) is 45.2 Å². The van der Waals surface area contributed by atoms with Gasteiger partial charge in [-0.3, -0.25) is 4.79 Å². The Balaban J connectivity index is 2.33. The van der Waals surface area contributed by atoms with Gasteiger partial charge in [0.15, 0.2) is 0 Å². The highest BCUT2D eigenvalue weighted by molar-refractivity contribution is 5.83. The van der Waals surface area contributed by atoms with Gasteiger partial charge in [-0.25, -0.2) is 0 Å². The van der Waals surface area contributed by atoms with Crippen LogP contribution in [-0.2, 0) is 4.79 Å². The molecule has 0 radical (unpaired) electrons. The Bertz CT molecular complexity index is 404. The minimum Gasteiger partial charge on any atom is -0.352 e. The molecule has 0 fully saturated rings. The molecule has 1 aromatic carbocycles. The van der Waals surface area contributed by atoms with Crippen molar-refractivity contribution < 1.29 is 4.79 Å². The summed E-state index contributed by atoms with van der Waals surface area (Å²) in [5, 5.41) is 3.01. The molecule has 0 aliphatic rings. The fourth-order valence-corrected chi connectivity index (χ4v) is 2.38. The molecule has 4 nitrogen and oxygen atoms in total. The molecule has 1 amide bonds. The SMILES string of the molecule is CCN(CC)CCCC(C)NC(=O)[C@@H](N)c1ccccc1. The lowest BCUT2D eigenvalue weighted by atomic mass is 10.1. The fourth-order valence-electron chi connectivity index (χ4n) is 2.38. The summed E-state index contributed by atoms with van der Waals surface area (Å²) in [6.07, 6.45) is 2.06. The minimum atomic E-state index is -0.587. The molecule has 0 saturated carbocycles. The van der Waals surface area contributed by atoms with E-state index in [0.717, 1.165) is 38.0 Å². The number of benzene rings is 1. The van der Waals surface area contributed by atoms with E-state index in [1.807, 2.05) is 37.3 Å². The second kappa shape index (κ2) is 9.53. The summed E-state index contributed by atoms with van der Waals surface area (Å²) >= 11 is 0. The standard InChI is InChI=1S/C17H29N3O/c1-4-20(5-2)13-9-10-14(3)19-17(21)16(18)15-11-7-6-8-12-15/h6-8,11-12,14,16H,4-5,9-10,13,18H2,1-3H3,(H,19,21)/t14?,16-/m0/s1. The molecule has 0 aliphatic heterocycles. The van der Waals surface area contributed by atoms with Gasteiger partial charge in [0, 0.05) is 6.04 Å². The third-order valence-corrected chi connectivity index (χ3v) is 3.84. The lowest BCUT2D eigenvalue weighted by molar-refractivity contribution is -0.123. The smallest absolute Gasteiger partial charge is 0.241 e. The Morgan fingerprint density at radius 1 is 1.24 bits per heavy atom. The number of nitrogens with zero attached hydrogens (tertiary/aromatic N) is 1. The predicted octanol–water partition coefficient (Wildman–Crippen LogP) is 2.31. The molecule has 0 saturated heterocycles. The summed E-state index contributed by atoms with van der Waals surface area (Å²) in [7, 11) is 0. The van der Waals surface area contributed by atoms with Crippen molar-refractivity contribution >= 4 is 5.91 Å². The first kappa shape index (κ1) is 17.7. The van der Waals surface area contributed by atoms with E-state index in [0.29, 0.717) is 0 Å². The van der Waals surface area contributed by atoms with Crippen LogP contribution in [0, 0.1) is 0 Å². The fraction of sp³-hybridized carbons (Fsp3) is 0.588. The molecule has 3 N–H and O–H groups in total. The summed E-state index contributed by atoms with van der Waals surface area (Å²) in [6.45, 7) is 9.63. The van der Waals surface area contributed by atoms with Crippen molar-refractivity contribution in [3.63, 3.8) is 0 Å². The average Bonchev–Trinajstić information content (AvgIpc) is 2.51.